The lowest BCUT2D eigenvalue weighted by molar-refractivity contribution is 0.189. The van der Waals surface area contributed by atoms with Gasteiger partial charge >= 0.3 is 6.03 Å². The van der Waals surface area contributed by atoms with Crippen molar-refractivity contribution < 1.29 is 4.79 Å². The number of amides is 2. The van der Waals surface area contributed by atoms with Gasteiger partial charge in [0.1, 0.15) is 5.00 Å². The summed E-state index contributed by atoms with van der Waals surface area (Å²) in [6, 6.07) is 11.4. The van der Waals surface area contributed by atoms with Crippen LogP contribution < -0.4 is 5.32 Å². The van der Waals surface area contributed by atoms with E-state index in [9.17, 15) is 4.79 Å². The monoisotopic (exact) mass is 426 g/mol. The number of carbonyl (C=O) groups excluding carboxylic acids is 1. The molecule has 2 amide bonds. The number of nitrogens with zero attached hydrogens (tertiary/aromatic N) is 3. The Morgan fingerprint density at radius 1 is 1.17 bits per heavy atom. The minimum absolute atomic E-state index is 0.0472. The molecule has 5 nitrogen and oxygen atoms in total. The number of aromatic nitrogens is 1. The highest BCUT2D eigenvalue weighted by Crippen LogP contribution is 2.41. The van der Waals surface area contributed by atoms with Crippen LogP contribution in [0.15, 0.2) is 42.6 Å². The van der Waals surface area contributed by atoms with Crippen molar-refractivity contribution in [3.05, 3.63) is 69.3 Å². The molecule has 5 rings (SSSR count). The minimum Gasteiger partial charge on any atom is -0.312 e. The van der Waals surface area contributed by atoms with Gasteiger partial charge in [-0.3, -0.25) is 0 Å². The number of thiophene rings is 1. The number of urea groups is 1. The van der Waals surface area contributed by atoms with Crippen LogP contribution in [0.2, 0.25) is 5.02 Å². The minimum atomic E-state index is -0.126. The molecule has 0 aliphatic carbocycles. The fourth-order valence-electron chi connectivity index (χ4n) is 4.32. The summed E-state index contributed by atoms with van der Waals surface area (Å²) in [6.07, 6.45) is 3.15. The molecule has 2 aliphatic rings. The van der Waals surface area contributed by atoms with E-state index in [4.69, 9.17) is 11.6 Å². The van der Waals surface area contributed by atoms with Crippen LogP contribution in [0.25, 0.3) is 5.00 Å². The Hall–Kier alpha value is -2.28. The van der Waals surface area contributed by atoms with Gasteiger partial charge in [0, 0.05) is 35.4 Å². The average Bonchev–Trinajstić information content (AvgIpc) is 3.29. The molecule has 2 aromatic heterocycles. The third kappa shape index (κ3) is 3.16. The molecule has 1 atom stereocenters. The van der Waals surface area contributed by atoms with Gasteiger partial charge in [0.15, 0.2) is 0 Å². The molecule has 0 saturated carbocycles. The molecule has 0 spiro atoms. The Morgan fingerprint density at radius 3 is 2.83 bits per heavy atom. The second-order valence-corrected chi connectivity index (χ2v) is 9.28. The van der Waals surface area contributed by atoms with Crippen molar-refractivity contribution >= 4 is 34.7 Å². The van der Waals surface area contributed by atoms with E-state index in [0.29, 0.717) is 17.3 Å². The number of carbonyl (C=O) groups is 1. The van der Waals surface area contributed by atoms with Crippen LogP contribution in [0.1, 0.15) is 34.7 Å². The van der Waals surface area contributed by atoms with Crippen molar-refractivity contribution in [3.63, 3.8) is 0 Å². The van der Waals surface area contributed by atoms with Crippen molar-refractivity contribution in [1.82, 2.24) is 14.4 Å². The highest BCUT2D eigenvalue weighted by molar-refractivity contribution is 7.15. The summed E-state index contributed by atoms with van der Waals surface area (Å²) in [5.41, 5.74) is 4.48. The highest BCUT2D eigenvalue weighted by Gasteiger charge is 2.33. The normalized spacial score (nSPS) is 18.6. The molecule has 0 saturated heterocycles. The van der Waals surface area contributed by atoms with Gasteiger partial charge in [0.2, 0.25) is 0 Å². The van der Waals surface area contributed by atoms with Gasteiger partial charge in [-0.25, -0.2) is 4.79 Å². The molecule has 7 heteroatoms. The first-order chi connectivity index (χ1) is 14.0. The van der Waals surface area contributed by atoms with E-state index in [1.54, 1.807) is 6.07 Å². The highest BCUT2D eigenvalue weighted by atomic mass is 35.5. The first-order valence-corrected chi connectivity index (χ1v) is 11.0. The smallest absolute Gasteiger partial charge is 0.312 e. The fraction of sp³-hybridized carbons (Fsp3) is 0.318. The predicted molar refractivity (Wildman–Crippen MR) is 118 cm³/mol. The second kappa shape index (κ2) is 7.20. The van der Waals surface area contributed by atoms with Crippen molar-refractivity contribution in [3.8, 4) is 5.00 Å². The predicted octanol–water partition coefficient (Wildman–Crippen LogP) is 5.29. The molecule has 1 aromatic carbocycles. The third-order valence-electron chi connectivity index (χ3n) is 5.94. The molecule has 4 heterocycles. The Balaban J connectivity index is 1.56. The van der Waals surface area contributed by atoms with E-state index in [1.807, 2.05) is 34.4 Å². The molecular formula is C22H23ClN4OS. The largest absolute Gasteiger partial charge is 0.322 e. The maximum atomic E-state index is 13.3. The number of likely N-dealkylation sites (N-methyl/N-ethyl adjacent to an activating group) is 1. The number of rotatable bonds is 1. The Labute approximate surface area is 179 Å². The second-order valence-electron chi connectivity index (χ2n) is 7.79. The topological polar surface area (TPSA) is 40.5 Å². The molecule has 29 heavy (non-hydrogen) atoms. The fourth-order valence-corrected chi connectivity index (χ4v) is 5.95. The van der Waals surface area contributed by atoms with Gasteiger partial charge in [0.25, 0.3) is 0 Å². The van der Waals surface area contributed by atoms with E-state index in [2.05, 4.69) is 47.1 Å². The molecule has 0 radical (unpaired) electrons. The number of hydrogen-bond donors (Lipinski definition) is 1. The van der Waals surface area contributed by atoms with E-state index in [0.717, 1.165) is 25.2 Å². The van der Waals surface area contributed by atoms with Crippen LogP contribution >= 0.6 is 22.9 Å². The van der Waals surface area contributed by atoms with E-state index < -0.39 is 0 Å². The number of anilines is 1. The van der Waals surface area contributed by atoms with Crippen LogP contribution in [-0.2, 0) is 19.5 Å². The molecular weight excluding hydrogens is 404 g/mol. The van der Waals surface area contributed by atoms with Gasteiger partial charge in [-0.2, -0.15) is 0 Å². The van der Waals surface area contributed by atoms with Crippen LogP contribution in [0, 0.1) is 0 Å². The lowest BCUT2D eigenvalue weighted by Crippen LogP contribution is -2.36. The Bertz CT molecular complexity index is 1090. The van der Waals surface area contributed by atoms with Gasteiger partial charge in [-0.15, -0.1) is 11.3 Å². The van der Waals surface area contributed by atoms with Crippen LogP contribution in [-0.4, -0.2) is 34.0 Å². The third-order valence-corrected chi connectivity index (χ3v) is 7.52. The van der Waals surface area contributed by atoms with Crippen LogP contribution in [0.4, 0.5) is 10.5 Å². The summed E-state index contributed by atoms with van der Waals surface area (Å²) in [6.45, 7) is 4.72. The number of para-hydroxylation sites is 1. The average molecular weight is 427 g/mol. The first kappa shape index (κ1) is 18.7. The Kier molecular flexibility index (Phi) is 4.65. The van der Waals surface area contributed by atoms with E-state index in [-0.39, 0.29) is 12.1 Å². The molecule has 0 bridgehead atoms. The number of benzene rings is 1. The first-order valence-electron chi connectivity index (χ1n) is 9.84. The van der Waals surface area contributed by atoms with Gasteiger partial charge in [0.05, 0.1) is 23.3 Å². The summed E-state index contributed by atoms with van der Waals surface area (Å²) in [5, 5.41) is 4.81. The van der Waals surface area contributed by atoms with Gasteiger partial charge < -0.3 is 19.7 Å². The number of halogens is 1. The van der Waals surface area contributed by atoms with Crippen molar-refractivity contribution in [1.29, 1.82) is 0 Å². The standard InChI is InChI=1S/C22H23ClN4OS/c1-14-19-8-5-10-26(19)21-16(15-9-11-25(2)13-20(15)29-21)12-27(14)22(28)24-18-7-4-3-6-17(18)23/h3-8,10,14H,9,11-13H2,1-2H3,(H,24,28). The summed E-state index contributed by atoms with van der Waals surface area (Å²) >= 11 is 8.14. The van der Waals surface area contributed by atoms with E-state index >= 15 is 0 Å². The summed E-state index contributed by atoms with van der Waals surface area (Å²) in [5.74, 6) is 0. The van der Waals surface area contributed by atoms with Crippen molar-refractivity contribution in [2.24, 2.45) is 0 Å². The SMILES string of the molecule is CC1c2cccn2-c2sc3c(c2CN1C(=O)Nc1ccccc1Cl)CCN(C)C3. The zero-order valence-corrected chi connectivity index (χ0v) is 18.1. The molecule has 1 unspecified atom stereocenters. The maximum Gasteiger partial charge on any atom is 0.322 e. The zero-order chi connectivity index (χ0) is 20.1. The number of hydrogen-bond acceptors (Lipinski definition) is 3. The van der Waals surface area contributed by atoms with E-state index in [1.165, 1.54) is 21.0 Å². The quantitative estimate of drug-likeness (QED) is 0.574. The lowest BCUT2D eigenvalue weighted by atomic mass is 10.0. The zero-order valence-electron chi connectivity index (χ0n) is 16.5. The Morgan fingerprint density at radius 2 is 2.00 bits per heavy atom. The molecule has 2 aliphatic heterocycles. The molecule has 150 valence electrons. The lowest BCUT2D eigenvalue weighted by Gasteiger charge is -2.29. The molecule has 3 aromatic rings. The summed E-state index contributed by atoms with van der Waals surface area (Å²) in [4.78, 5) is 19.0. The van der Waals surface area contributed by atoms with Gasteiger partial charge in [-0.05, 0) is 50.2 Å². The molecule has 0 fully saturated rings. The van der Waals surface area contributed by atoms with Gasteiger partial charge in [-0.1, -0.05) is 23.7 Å². The number of fused-ring (bicyclic) bond motifs is 5. The van der Waals surface area contributed by atoms with Crippen LogP contribution in [0.5, 0.6) is 0 Å². The number of nitrogens with one attached hydrogen (secondary N) is 1. The summed E-state index contributed by atoms with van der Waals surface area (Å²) < 4.78 is 2.27. The van der Waals surface area contributed by atoms with Crippen LogP contribution in [0.3, 0.4) is 0 Å². The van der Waals surface area contributed by atoms with Crippen molar-refractivity contribution in [2.75, 3.05) is 18.9 Å². The summed E-state index contributed by atoms with van der Waals surface area (Å²) in [7, 11) is 2.17. The van der Waals surface area contributed by atoms with Crippen molar-refractivity contribution in [2.45, 2.75) is 32.5 Å². The maximum absolute atomic E-state index is 13.3. The molecule has 1 N–H and O–H groups in total.